The first-order valence-electron chi connectivity index (χ1n) is 13.0. The Morgan fingerprint density at radius 2 is 1.06 bits per heavy atom. The average molecular weight is 452 g/mol. The van der Waals surface area contributed by atoms with Gasteiger partial charge in [0.2, 0.25) is 0 Å². The molecule has 3 heteroatoms. The molecule has 2 N–H and O–H groups in total. The molecule has 0 aliphatic carbocycles. The van der Waals surface area contributed by atoms with Crippen LogP contribution in [0.25, 0.3) is 11.1 Å². The highest BCUT2D eigenvalue weighted by Gasteiger charge is 2.00. The number of benzene rings is 2. The Morgan fingerprint density at radius 1 is 0.636 bits per heavy atom. The molecule has 0 bridgehead atoms. The van der Waals surface area contributed by atoms with Crippen LogP contribution in [0.4, 0.5) is 5.69 Å². The molecule has 0 aliphatic rings. The Morgan fingerprint density at radius 3 is 1.55 bits per heavy atom. The SMILES string of the molecule is C=C(CCCCCCCCCCCCCCCOc1ccc(-c2ccc(N)cc2)cc1)OC. The molecule has 182 valence electrons. The van der Waals surface area contributed by atoms with Gasteiger partial charge in [0, 0.05) is 12.1 Å². The predicted molar refractivity (Wildman–Crippen MR) is 143 cm³/mol. The van der Waals surface area contributed by atoms with E-state index >= 15 is 0 Å². The van der Waals surface area contributed by atoms with Gasteiger partial charge in [-0.2, -0.15) is 0 Å². The second kappa shape index (κ2) is 17.1. The number of hydrogen-bond acceptors (Lipinski definition) is 3. The summed E-state index contributed by atoms with van der Waals surface area (Å²) in [7, 11) is 1.71. The maximum atomic E-state index is 5.91. The Kier molecular flexibility index (Phi) is 13.9. The summed E-state index contributed by atoms with van der Waals surface area (Å²) in [6, 6.07) is 16.3. The number of nitrogen functional groups attached to an aromatic ring is 1. The van der Waals surface area contributed by atoms with Gasteiger partial charge in [-0.3, -0.25) is 0 Å². The molecule has 3 nitrogen and oxygen atoms in total. The van der Waals surface area contributed by atoms with Gasteiger partial charge in [-0.05, 0) is 48.2 Å². The van der Waals surface area contributed by atoms with Crippen LogP contribution >= 0.6 is 0 Å². The van der Waals surface area contributed by atoms with Gasteiger partial charge in [-0.25, -0.2) is 0 Å². The molecule has 2 rings (SSSR count). The lowest BCUT2D eigenvalue weighted by molar-refractivity contribution is 0.276. The van der Waals surface area contributed by atoms with Crippen molar-refractivity contribution in [3.05, 3.63) is 60.9 Å². The zero-order valence-electron chi connectivity index (χ0n) is 20.8. The number of nitrogens with two attached hydrogens (primary N) is 1. The number of hydrogen-bond donors (Lipinski definition) is 1. The van der Waals surface area contributed by atoms with Crippen LogP contribution < -0.4 is 10.5 Å². The number of ether oxygens (including phenoxy) is 2. The van der Waals surface area contributed by atoms with Gasteiger partial charge >= 0.3 is 0 Å². The Hall–Kier alpha value is -2.42. The van der Waals surface area contributed by atoms with Gasteiger partial charge in [-0.1, -0.05) is 101 Å². The molecule has 0 aliphatic heterocycles. The van der Waals surface area contributed by atoms with E-state index in [4.69, 9.17) is 15.2 Å². The number of methoxy groups -OCH3 is 1. The van der Waals surface area contributed by atoms with E-state index in [0.29, 0.717) is 0 Å². The molecular weight excluding hydrogens is 406 g/mol. The number of rotatable bonds is 19. The highest BCUT2D eigenvalue weighted by atomic mass is 16.5. The van der Waals surface area contributed by atoms with Gasteiger partial charge in [0.25, 0.3) is 0 Å². The van der Waals surface area contributed by atoms with Gasteiger partial charge in [0.05, 0.1) is 19.5 Å². The average Bonchev–Trinajstić information content (AvgIpc) is 2.84. The van der Waals surface area contributed by atoms with Crippen LogP contribution in [0, 0.1) is 0 Å². The molecule has 2 aromatic carbocycles. The normalized spacial score (nSPS) is 10.8. The second-order valence-corrected chi connectivity index (χ2v) is 9.08. The molecule has 0 aromatic heterocycles. The molecule has 0 fully saturated rings. The molecule has 0 saturated carbocycles. The largest absolute Gasteiger partial charge is 0.502 e. The van der Waals surface area contributed by atoms with E-state index in [1.807, 2.05) is 12.1 Å². The van der Waals surface area contributed by atoms with Crippen molar-refractivity contribution in [1.29, 1.82) is 0 Å². The van der Waals surface area contributed by atoms with Crippen LogP contribution in [0.3, 0.4) is 0 Å². The zero-order valence-corrected chi connectivity index (χ0v) is 20.8. The lowest BCUT2D eigenvalue weighted by Crippen LogP contribution is -1.97. The minimum absolute atomic E-state index is 0.793. The maximum Gasteiger partial charge on any atom is 0.119 e. The lowest BCUT2D eigenvalue weighted by Gasteiger charge is -2.08. The van der Waals surface area contributed by atoms with Crippen molar-refractivity contribution in [2.75, 3.05) is 19.5 Å². The summed E-state index contributed by atoms with van der Waals surface area (Å²) >= 11 is 0. The molecule has 0 radical (unpaired) electrons. The van der Waals surface area contributed by atoms with Crippen molar-refractivity contribution in [2.45, 2.75) is 89.9 Å². The number of allylic oxidation sites excluding steroid dienone is 1. The summed E-state index contributed by atoms with van der Waals surface area (Å²) in [5.41, 5.74) is 8.92. The van der Waals surface area contributed by atoms with Crippen molar-refractivity contribution in [1.82, 2.24) is 0 Å². The first kappa shape index (κ1) is 26.8. The molecule has 2 aromatic rings. The van der Waals surface area contributed by atoms with Crippen LogP contribution in [0.15, 0.2) is 60.9 Å². The van der Waals surface area contributed by atoms with E-state index in [2.05, 4.69) is 43.0 Å². The smallest absolute Gasteiger partial charge is 0.119 e. The molecule has 0 saturated heterocycles. The van der Waals surface area contributed by atoms with Crippen molar-refractivity contribution < 1.29 is 9.47 Å². The minimum Gasteiger partial charge on any atom is -0.502 e. The van der Waals surface area contributed by atoms with Gasteiger partial charge < -0.3 is 15.2 Å². The molecular formula is C30H45NO2. The third-order valence-electron chi connectivity index (χ3n) is 6.26. The molecule has 0 amide bonds. The highest BCUT2D eigenvalue weighted by molar-refractivity contribution is 5.66. The summed E-state index contributed by atoms with van der Waals surface area (Å²) in [5.74, 6) is 1.87. The van der Waals surface area contributed by atoms with Crippen molar-refractivity contribution in [2.24, 2.45) is 0 Å². The predicted octanol–water partition coefficient (Wildman–Crippen LogP) is 8.94. The summed E-state index contributed by atoms with van der Waals surface area (Å²) in [6.07, 6.45) is 18.3. The zero-order chi connectivity index (χ0) is 23.6. The summed E-state index contributed by atoms with van der Waals surface area (Å²) in [5, 5.41) is 0. The van der Waals surface area contributed by atoms with E-state index in [-0.39, 0.29) is 0 Å². The van der Waals surface area contributed by atoms with E-state index in [1.54, 1.807) is 7.11 Å². The summed E-state index contributed by atoms with van der Waals surface area (Å²) in [6.45, 7) is 4.68. The number of anilines is 1. The standard InChI is InChI=1S/C30H45NO2/c1-26(32-2)16-14-12-10-8-6-4-3-5-7-9-11-13-15-25-33-30-23-19-28(20-24-30)27-17-21-29(31)22-18-27/h17-24H,1,3-16,25,31H2,2H3. The fourth-order valence-corrected chi connectivity index (χ4v) is 4.08. The van der Waals surface area contributed by atoms with Crippen LogP contribution in [-0.4, -0.2) is 13.7 Å². The maximum absolute atomic E-state index is 5.91. The van der Waals surface area contributed by atoms with E-state index in [9.17, 15) is 0 Å². The van der Waals surface area contributed by atoms with E-state index in [1.165, 1.54) is 88.2 Å². The third kappa shape index (κ3) is 12.4. The van der Waals surface area contributed by atoms with Gasteiger partial charge in [0.1, 0.15) is 5.75 Å². The molecule has 33 heavy (non-hydrogen) atoms. The number of unbranched alkanes of at least 4 members (excludes halogenated alkanes) is 12. The van der Waals surface area contributed by atoms with Crippen molar-refractivity contribution in [3.8, 4) is 16.9 Å². The first-order chi connectivity index (χ1) is 16.2. The van der Waals surface area contributed by atoms with Gasteiger partial charge in [0.15, 0.2) is 0 Å². The molecule has 0 spiro atoms. The third-order valence-corrected chi connectivity index (χ3v) is 6.26. The Labute approximate surface area is 202 Å². The second-order valence-electron chi connectivity index (χ2n) is 9.08. The Balaban J connectivity index is 1.37. The quantitative estimate of drug-likeness (QED) is 0.132. The van der Waals surface area contributed by atoms with Crippen LogP contribution in [0.2, 0.25) is 0 Å². The lowest BCUT2D eigenvalue weighted by atomic mass is 10.0. The highest BCUT2D eigenvalue weighted by Crippen LogP contribution is 2.23. The van der Waals surface area contributed by atoms with Gasteiger partial charge in [-0.15, -0.1) is 0 Å². The van der Waals surface area contributed by atoms with Crippen molar-refractivity contribution >= 4 is 5.69 Å². The van der Waals surface area contributed by atoms with Crippen LogP contribution in [-0.2, 0) is 4.74 Å². The summed E-state index contributed by atoms with van der Waals surface area (Å²) in [4.78, 5) is 0. The van der Waals surface area contributed by atoms with E-state index in [0.717, 1.165) is 36.6 Å². The fraction of sp³-hybridized carbons (Fsp3) is 0.533. The monoisotopic (exact) mass is 451 g/mol. The fourth-order valence-electron chi connectivity index (χ4n) is 4.08. The van der Waals surface area contributed by atoms with Crippen molar-refractivity contribution in [3.63, 3.8) is 0 Å². The topological polar surface area (TPSA) is 44.5 Å². The summed E-state index contributed by atoms with van der Waals surface area (Å²) < 4.78 is 11.0. The van der Waals surface area contributed by atoms with Crippen LogP contribution in [0.5, 0.6) is 5.75 Å². The Bertz CT molecular complexity index is 752. The molecule has 0 atom stereocenters. The molecule has 0 unspecified atom stereocenters. The molecule has 0 heterocycles. The first-order valence-corrected chi connectivity index (χ1v) is 13.0. The van der Waals surface area contributed by atoms with E-state index < -0.39 is 0 Å². The van der Waals surface area contributed by atoms with Crippen LogP contribution in [0.1, 0.15) is 89.9 Å². The minimum atomic E-state index is 0.793.